The maximum atomic E-state index is 13.6. The van der Waals surface area contributed by atoms with Gasteiger partial charge in [-0.25, -0.2) is 19.0 Å². The quantitative estimate of drug-likeness (QED) is 0.419. The first-order valence-corrected chi connectivity index (χ1v) is 11.0. The summed E-state index contributed by atoms with van der Waals surface area (Å²) in [5.41, 5.74) is 6.07. The van der Waals surface area contributed by atoms with Crippen molar-refractivity contribution in [3.63, 3.8) is 0 Å². The number of fused-ring (bicyclic) bond motifs is 1. The second-order valence-electron chi connectivity index (χ2n) is 7.58. The first-order valence-electron chi connectivity index (χ1n) is 10.7. The van der Waals surface area contributed by atoms with Gasteiger partial charge in [-0.15, -0.1) is 0 Å². The van der Waals surface area contributed by atoms with Gasteiger partial charge in [-0.05, 0) is 48.5 Å². The first-order chi connectivity index (χ1) is 16.4. The number of nitrogens with one attached hydrogen (secondary N) is 2. The fourth-order valence-corrected chi connectivity index (χ4v) is 3.44. The van der Waals surface area contributed by atoms with Gasteiger partial charge in [-0.2, -0.15) is 0 Å². The smallest absolute Gasteiger partial charge is 0.412 e. The highest BCUT2D eigenvalue weighted by Crippen LogP contribution is 2.19. The molecular weight excluding hydrogens is 463 g/mol. The Labute approximate surface area is 201 Å². The topological polar surface area (TPSA) is 122 Å². The number of carbonyl (C=O) groups excluding carboxylic acids is 2. The number of aromatic nitrogens is 2. The number of rotatable bonds is 9. The van der Waals surface area contributed by atoms with Crippen LogP contribution in [0.15, 0.2) is 48.9 Å². The number of urea groups is 1. The molecule has 0 fully saturated rings. The van der Waals surface area contributed by atoms with Gasteiger partial charge in [-0.3, -0.25) is 10.3 Å². The predicted octanol–water partition coefficient (Wildman–Crippen LogP) is 3.92. The molecule has 4 N–H and O–H groups in total. The summed E-state index contributed by atoms with van der Waals surface area (Å²) in [5.74, 6) is -0.222. The number of amides is 3. The van der Waals surface area contributed by atoms with Crippen LogP contribution in [0.4, 0.5) is 19.8 Å². The molecule has 2 aromatic heterocycles. The van der Waals surface area contributed by atoms with E-state index in [1.165, 1.54) is 17.0 Å². The van der Waals surface area contributed by atoms with Crippen molar-refractivity contribution in [1.82, 2.24) is 20.2 Å². The van der Waals surface area contributed by atoms with Crippen LogP contribution in [0.3, 0.4) is 0 Å². The Bertz CT molecular complexity index is 1150. The number of nitrogens with zero attached hydrogens (tertiary/aromatic N) is 3. The second-order valence-corrected chi connectivity index (χ2v) is 7.96. The summed E-state index contributed by atoms with van der Waals surface area (Å²) >= 11 is 5.94. The van der Waals surface area contributed by atoms with Crippen molar-refractivity contribution in [3.8, 4) is 0 Å². The van der Waals surface area contributed by atoms with Crippen molar-refractivity contribution < 1.29 is 18.7 Å². The summed E-state index contributed by atoms with van der Waals surface area (Å²) in [6.45, 7) is 0.425. The molecule has 0 saturated heterocycles. The van der Waals surface area contributed by atoms with Crippen LogP contribution in [0.5, 0.6) is 0 Å². The summed E-state index contributed by atoms with van der Waals surface area (Å²) in [5, 5.41) is 6.96. The van der Waals surface area contributed by atoms with Crippen LogP contribution in [-0.2, 0) is 11.3 Å². The lowest BCUT2D eigenvalue weighted by Gasteiger charge is -2.28. The fraction of sp³-hybridized carbons (Fsp3) is 0.304. The summed E-state index contributed by atoms with van der Waals surface area (Å²) in [7, 11) is 1.59. The van der Waals surface area contributed by atoms with Crippen molar-refractivity contribution >= 4 is 40.3 Å². The highest BCUT2D eigenvalue weighted by molar-refractivity contribution is 6.31. The average molecular weight is 489 g/mol. The van der Waals surface area contributed by atoms with E-state index in [1.807, 2.05) is 0 Å². The number of hydrogen-bond acceptors (Lipinski definition) is 6. The lowest BCUT2D eigenvalue weighted by Crippen LogP contribution is -2.46. The van der Waals surface area contributed by atoms with E-state index in [0.717, 1.165) is 10.8 Å². The maximum Gasteiger partial charge on any atom is 0.412 e. The highest BCUT2D eigenvalue weighted by atomic mass is 35.5. The van der Waals surface area contributed by atoms with Gasteiger partial charge in [0.2, 0.25) is 0 Å². The van der Waals surface area contributed by atoms with Gasteiger partial charge in [0.1, 0.15) is 18.2 Å². The number of halogens is 2. The summed E-state index contributed by atoms with van der Waals surface area (Å²) < 4.78 is 19.0. The zero-order valence-corrected chi connectivity index (χ0v) is 19.4. The molecule has 0 aliphatic heterocycles. The molecule has 3 amide bonds. The molecule has 0 unspecified atom stereocenters. The summed E-state index contributed by atoms with van der Waals surface area (Å²) in [6, 6.07) is 7.06. The summed E-state index contributed by atoms with van der Waals surface area (Å²) in [4.78, 5) is 34.6. The normalized spacial score (nSPS) is 11.6. The van der Waals surface area contributed by atoms with Crippen LogP contribution >= 0.6 is 11.6 Å². The minimum atomic E-state index is -0.695. The Hall–Kier alpha value is -3.50. The Morgan fingerprint density at radius 1 is 1.26 bits per heavy atom. The summed E-state index contributed by atoms with van der Waals surface area (Å²) in [6.07, 6.45) is 5.38. The number of pyridine rings is 2. The molecular formula is C23H26ClFN6O3. The molecule has 1 aromatic carbocycles. The average Bonchev–Trinajstić information content (AvgIpc) is 2.84. The number of likely N-dealkylation sites (N-methyl/N-ethyl adjacent to an activating group) is 1. The maximum absolute atomic E-state index is 13.6. The number of carbonyl (C=O) groups is 2. The molecule has 0 saturated carbocycles. The van der Waals surface area contributed by atoms with Crippen LogP contribution in [0.1, 0.15) is 18.4 Å². The Balaban J connectivity index is 1.56. The zero-order chi connectivity index (χ0) is 24.5. The van der Waals surface area contributed by atoms with Crippen molar-refractivity contribution in [2.75, 3.05) is 25.5 Å². The van der Waals surface area contributed by atoms with Crippen molar-refractivity contribution in [1.29, 1.82) is 0 Å². The molecule has 0 aliphatic rings. The predicted molar refractivity (Wildman–Crippen MR) is 128 cm³/mol. The van der Waals surface area contributed by atoms with Crippen molar-refractivity contribution in [2.45, 2.75) is 25.4 Å². The molecule has 0 radical (unpaired) electrons. The van der Waals surface area contributed by atoms with E-state index in [-0.39, 0.29) is 18.2 Å². The minimum absolute atomic E-state index is 0.0382. The molecule has 0 bridgehead atoms. The molecule has 0 aliphatic carbocycles. The molecule has 34 heavy (non-hydrogen) atoms. The van der Waals surface area contributed by atoms with Gasteiger partial charge in [0, 0.05) is 37.6 Å². The monoisotopic (exact) mass is 488 g/mol. The van der Waals surface area contributed by atoms with E-state index in [1.54, 1.807) is 43.8 Å². The largest absolute Gasteiger partial charge is 0.447 e. The van der Waals surface area contributed by atoms with Gasteiger partial charge in [0.25, 0.3) is 0 Å². The van der Waals surface area contributed by atoms with Gasteiger partial charge in [-0.1, -0.05) is 23.7 Å². The van der Waals surface area contributed by atoms with Gasteiger partial charge in [0.05, 0.1) is 11.1 Å². The Morgan fingerprint density at radius 2 is 2.09 bits per heavy atom. The standard InChI is InChI=1S/C23H26ClFN6O3/c1-31(22(32)29-12-16-4-2-6-19(25)21(16)24)18(5-3-8-26)14-34-23(33)30-20-10-15-7-9-27-11-17(15)13-28-20/h2,4,6-7,9-11,13,18H,3,5,8,12,14,26H2,1H3,(H,29,32)(H,28,30,33)/t18-/m0/s1. The lowest BCUT2D eigenvalue weighted by molar-refractivity contribution is 0.113. The number of hydrogen-bond donors (Lipinski definition) is 3. The fourth-order valence-electron chi connectivity index (χ4n) is 3.25. The highest BCUT2D eigenvalue weighted by Gasteiger charge is 2.22. The van der Waals surface area contributed by atoms with E-state index >= 15 is 0 Å². The molecule has 3 aromatic rings. The Kier molecular flexibility index (Phi) is 8.94. The third kappa shape index (κ3) is 6.75. The first kappa shape index (κ1) is 25.1. The third-order valence-electron chi connectivity index (χ3n) is 5.23. The molecule has 2 heterocycles. The van der Waals surface area contributed by atoms with E-state index in [4.69, 9.17) is 22.1 Å². The van der Waals surface area contributed by atoms with E-state index in [2.05, 4.69) is 20.6 Å². The molecule has 1 atom stereocenters. The SMILES string of the molecule is CN(C(=O)NCc1cccc(F)c1Cl)[C@@H](CCCN)COC(=O)Nc1cc2ccncc2cn1. The Morgan fingerprint density at radius 3 is 2.88 bits per heavy atom. The number of ether oxygens (including phenoxy) is 1. The molecule has 3 rings (SSSR count). The van der Waals surface area contributed by atoms with E-state index in [0.29, 0.717) is 30.8 Å². The molecule has 0 spiro atoms. The van der Waals surface area contributed by atoms with Crippen LogP contribution in [0.25, 0.3) is 10.8 Å². The van der Waals surface area contributed by atoms with Crippen LogP contribution < -0.4 is 16.4 Å². The molecule has 11 heteroatoms. The van der Waals surface area contributed by atoms with Gasteiger partial charge < -0.3 is 20.7 Å². The van der Waals surface area contributed by atoms with Crippen LogP contribution in [0.2, 0.25) is 5.02 Å². The van der Waals surface area contributed by atoms with Crippen LogP contribution in [-0.4, -0.2) is 53.2 Å². The number of anilines is 1. The number of nitrogens with two attached hydrogens (primary N) is 1. The third-order valence-corrected chi connectivity index (χ3v) is 5.65. The molecule has 180 valence electrons. The zero-order valence-electron chi connectivity index (χ0n) is 18.6. The molecule has 9 nitrogen and oxygen atoms in total. The van der Waals surface area contributed by atoms with E-state index in [9.17, 15) is 14.0 Å². The minimum Gasteiger partial charge on any atom is -0.447 e. The van der Waals surface area contributed by atoms with Crippen molar-refractivity contribution in [3.05, 3.63) is 65.3 Å². The van der Waals surface area contributed by atoms with Gasteiger partial charge >= 0.3 is 12.1 Å². The lowest BCUT2D eigenvalue weighted by atomic mass is 10.1. The van der Waals surface area contributed by atoms with Gasteiger partial charge in [0.15, 0.2) is 0 Å². The van der Waals surface area contributed by atoms with Crippen LogP contribution in [0, 0.1) is 5.82 Å². The van der Waals surface area contributed by atoms with Crippen molar-refractivity contribution in [2.24, 2.45) is 5.73 Å². The second kappa shape index (κ2) is 12.1. The van der Waals surface area contributed by atoms with E-state index < -0.39 is 24.0 Å². The number of benzene rings is 1.